The number of nitrogens with one attached hydrogen (secondary N) is 1. The number of carbonyl (C=O) groups is 1. The molecule has 2 aromatic carbocycles. The van der Waals surface area contributed by atoms with Gasteiger partial charge in [0.1, 0.15) is 6.07 Å². The minimum absolute atomic E-state index is 0.108. The number of rotatable bonds is 7. The van der Waals surface area contributed by atoms with Crippen molar-refractivity contribution in [2.45, 2.75) is 0 Å². The van der Waals surface area contributed by atoms with Crippen LogP contribution < -0.4 is 14.9 Å². The highest BCUT2D eigenvalue weighted by atomic mass is 16.6. The lowest BCUT2D eigenvalue weighted by Gasteiger charge is -2.08. The van der Waals surface area contributed by atoms with E-state index in [0.29, 0.717) is 17.1 Å². The topological polar surface area (TPSA) is 127 Å². The Balaban J connectivity index is 2.06. The molecule has 0 spiro atoms. The molecule has 2 aromatic rings. The Bertz CT molecular complexity index is 889. The summed E-state index contributed by atoms with van der Waals surface area (Å²) in [4.78, 5) is 22.1. The highest BCUT2D eigenvalue weighted by Crippen LogP contribution is 2.27. The molecular weight excluding hydrogens is 340 g/mol. The van der Waals surface area contributed by atoms with Crippen LogP contribution in [-0.2, 0) is 0 Å². The summed E-state index contributed by atoms with van der Waals surface area (Å²) in [6, 6.07) is 12.1. The number of nitriles is 1. The summed E-state index contributed by atoms with van der Waals surface area (Å²) in [7, 11) is 1.46. The Morgan fingerprint density at radius 3 is 2.85 bits per heavy atom. The van der Waals surface area contributed by atoms with Crippen molar-refractivity contribution in [1.82, 2.24) is 5.43 Å². The van der Waals surface area contributed by atoms with E-state index in [1.54, 1.807) is 18.2 Å². The van der Waals surface area contributed by atoms with Gasteiger partial charge in [0, 0.05) is 17.7 Å². The first-order valence-electron chi connectivity index (χ1n) is 7.31. The Kier molecular flexibility index (Phi) is 6.23. The zero-order chi connectivity index (χ0) is 18.9. The number of ether oxygens (including phenoxy) is 2. The van der Waals surface area contributed by atoms with Gasteiger partial charge in [-0.2, -0.15) is 10.4 Å². The quantitative estimate of drug-likeness (QED) is 0.461. The highest BCUT2D eigenvalue weighted by Gasteiger charge is 2.10. The van der Waals surface area contributed by atoms with Crippen LogP contribution in [0.1, 0.15) is 15.9 Å². The zero-order valence-electron chi connectivity index (χ0n) is 13.7. The second-order valence-electron chi connectivity index (χ2n) is 4.86. The fourth-order valence-electron chi connectivity index (χ4n) is 1.98. The largest absolute Gasteiger partial charge is 0.493 e. The van der Waals surface area contributed by atoms with E-state index in [-0.39, 0.29) is 17.9 Å². The molecular formula is C17H14N4O5. The molecule has 1 N–H and O–H groups in total. The summed E-state index contributed by atoms with van der Waals surface area (Å²) < 4.78 is 10.4. The van der Waals surface area contributed by atoms with Gasteiger partial charge in [-0.25, -0.2) is 5.43 Å². The van der Waals surface area contributed by atoms with Gasteiger partial charge in [0.25, 0.3) is 11.6 Å². The van der Waals surface area contributed by atoms with Crippen LogP contribution in [0.2, 0.25) is 0 Å². The number of methoxy groups -OCH3 is 1. The van der Waals surface area contributed by atoms with Crippen molar-refractivity contribution in [1.29, 1.82) is 5.26 Å². The predicted molar refractivity (Wildman–Crippen MR) is 92.3 cm³/mol. The maximum absolute atomic E-state index is 12.0. The van der Waals surface area contributed by atoms with Gasteiger partial charge in [0.05, 0.1) is 18.2 Å². The van der Waals surface area contributed by atoms with Crippen molar-refractivity contribution < 1.29 is 19.2 Å². The van der Waals surface area contributed by atoms with Crippen molar-refractivity contribution in [3.63, 3.8) is 0 Å². The summed E-state index contributed by atoms with van der Waals surface area (Å²) in [5, 5.41) is 23.1. The van der Waals surface area contributed by atoms with Crippen LogP contribution in [0.4, 0.5) is 5.69 Å². The fraction of sp³-hybridized carbons (Fsp3) is 0.118. The fourth-order valence-corrected chi connectivity index (χ4v) is 1.98. The van der Waals surface area contributed by atoms with Gasteiger partial charge in [-0.3, -0.25) is 14.9 Å². The Morgan fingerprint density at radius 1 is 1.35 bits per heavy atom. The highest BCUT2D eigenvalue weighted by molar-refractivity contribution is 5.95. The number of amides is 1. The molecule has 2 rings (SSSR count). The minimum atomic E-state index is -0.581. The molecule has 0 atom stereocenters. The molecule has 0 aliphatic heterocycles. The number of non-ortho nitro benzene ring substituents is 1. The van der Waals surface area contributed by atoms with Gasteiger partial charge >= 0.3 is 0 Å². The third-order valence-electron chi connectivity index (χ3n) is 3.18. The summed E-state index contributed by atoms with van der Waals surface area (Å²) in [6.45, 7) is -0.108. The summed E-state index contributed by atoms with van der Waals surface area (Å²) in [5.74, 6) is 0.243. The molecule has 0 heterocycles. The maximum Gasteiger partial charge on any atom is 0.271 e. The van der Waals surface area contributed by atoms with Gasteiger partial charge in [0.2, 0.25) is 0 Å². The molecule has 9 heteroatoms. The van der Waals surface area contributed by atoms with Gasteiger partial charge in [0.15, 0.2) is 18.1 Å². The Morgan fingerprint density at radius 2 is 2.15 bits per heavy atom. The Hall–Kier alpha value is -3.93. The van der Waals surface area contributed by atoms with Gasteiger partial charge < -0.3 is 9.47 Å². The monoisotopic (exact) mass is 354 g/mol. The molecule has 0 aromatic heterocycles. The summed E-state index contributed by atoms with van der Waals surface area (Å²) in [5.41, 5.74) is 2.85. The van der Waals surface area contributed by atoms with Gasteiger partial charge in [-0.1, -0.05) is 6.07 Å². The second kappa shape index (κ2) is 8.79. The Labute approximate surface area is 148 Å². The van der Waals surface area contributed by atoms with Crippen LogP contribution in [0.15, 0.2) is 47.6 Å². The van der Waals surface area contributed by atoms with Crippen molar-refractivity contribution in [3.8, 4) is 17.6 Å². The van der Waals surface area contributed by atoms with E-state index in [0.717, 1.165) is 6.07 Å². The van der Waals surface area contributed by atoms with Crippen LogP contribution in [0.5, 0.6) is 11.5 Å². The third kappa shape index (κ3) is 4.78. The number of nitro benzene ring substituents is 1. The number of carbonyl (C=O) groups excluding carboxylic acids is 1. The smallest absolute Gasteiger partial charge is 0.271 e. The third-order valence-corrected chi connectivity index (χ3v) is 3.18. The number of nitro groups is 1. The van der Waals surface area contributed by atoms with E-state index < -0.39 is 10.8 Å². The molecule has 1 amide bonds. The molecule has 0 unspecified atom stereocenters. The summed E-state index contributed by atoms with van der Waals surface area (Å²) >= 11 is 0. The standard InChI is InChI=1S/C17H14N4O5/c1-25-16-9-12(5-6-15(16)26-8-7-18)11-19-20-17(22)13-3-2-4-14(10-13)21(23)24/h2-6,9-11H,8H2,1H3,(H,20,22)/b19-11-. The van der Waals surface area contributed by atoms with Crippen LogP contribution >= 0.6 is 0 Å². The number of hydrazone groups is 1. The van der Waals surface area contributed by atoms with Gasteiger partial charge in [-0.05, 0) is 29.8 Å². The van der Waals surface area contributed by atoms with E-state index in [1.807, 2.05) is 6.07 Å². The lowest BCUT2D eigenvalue weighted by molar-refractivity contribution is -0.384. The average Bonchev–Trinajstić information content (AvgIpc) is 2.66. The molecule has 26 heavy (non-hydrogen) atoms. The zero-order valence-corrected chi connectivity index (χ0v) is 13.7. The molecule has 0 bridgehead atoms. The van der Waals surface area contributed by atoms with Crippen molar-refractivity contribution in [2.24, 2.45) is 5.10 Å². The molecule has 9 nitrogen and oxygen atoms in total. The number of hydrogen-bond donors (Lipinski definition) is 1. The molecule has 132 valence electrons. The van der Waals surface area contributed by atoms with Crippen LogP contribution in [-0.4, -0.2) is 30.8 Å². The second-order valence-corrected chi connectivity index (χ2v) is 4.86. The molecule has 0 saturated carbocycles. The first-order chi connectivity index (χ1) is 12.5. The summed E-state index contributed by atoms with van der Waals surface area (Å²) in [6.07, 6.45) is 1.38. The predicted octanol–water partition coefficient (Wildman–Crippen LogP) is 2.27. The van der Waals surface area contributed by atoms with Gasteiger partial charge in [-0.15, -0.1) is 0 Å². The van der Waals surface area contributed by atoms with Crippen molar-refractivity contribution >= 4 is 17.8 Å². The molecule has 0 fully saturated rings. The molecule has 0 aliphatic carbocycles. The SMILES string of the molecule is COc1cc(/C=N\NC(=O)c2cccc([N+](=O)[O-])c2)ccc1OCC#N. The van der Waals surface area contributed by atoms with Crippen LogP contribution in [0.25, 0.3) is 0 Å². The maximum atomic E-state index is 12.0. The van der Waals surface area contributed by atoms with E-state index in [2.05, 4.69) is 10.5 Å². The van der Waals surface area contributed by atoms with E-state index in [1.165, 1.54) is 31.5 Å². The lowest BCUT2D eigenvalue weighted by atomic mass is 10.2. The van der Waals surface area contributed by atoms with E-state index >= 15 is 0 Å². The number of hydrogen-bond acceptors (Lipinski definition) is 7. The van der Waals surface area contributed by atoms with Crippen molar-refractivity contribution in [3.05, 3.63) is 63.7 Å². The average molecular weight is 354 g/mol. The molecule has 0 saturated heterocycles. The van der Waals surface area contributed by atoms with E-state index in [4.69, 9.17) is 14.7 Å². The van der Waals surface area contributed by atoms with Crippen molar-refractivity contribution in [2.75, 3.05) is 13.7 Å². The van der Waals surface area contributed by atoms with Crippen LogP contribution in [0.3, 0.4) is 0 Å². The first-order valence-corrected chi connectivity index (χ1v) is 7.31. The normalized spacial score (nSPS) is 10.2. The number of nitrogens with zero attached hydrogens (tertiary/aromatic N) is 3. The molecule has 0 aliphatic rings. The minimum Gasteiger partial charge on any atom is -0.493 e. The van der Waals surface area contributed by atoms with E-state index in [9.17, 15) is 14.9 Å². The molecule has 0 radical (unpaired) electrons. The number of benzene rings is 2. The lowest BCUT2D eigenvalue weighted by Crippen LogP contribution is -2.17. The van der Waals surface area contributed by atoms with Crippen LogP contribution in [0, 0.1) is 21.4 Å². The first kappa shape index (κ1) is 18.4.